The highest BCUT2D eigenvalue weighted by atomic mass is 16.5. The first-order chi connectivity index (χ1) is 14.1. The maximum atomic E-state index is 12.4. The largest absolute Gasteiger partial charge is 0.361 e. The molecule has 3 aromatic rings. The normalized spacial score (nSPS) is 14.9. The first kappa shape index (κ1) is 19.0. The number of aromatic nitrogens is 4. The first-order valence-electron chi connectivity index (χ1n) is 9.54. The molecule has 150 valence electrons. The molecule has 0 radical (unpaired) electrons. The van der Waals surface area contributed by atoms with Crippen molar-refractivity contribution in [1.29, 1.82) is 0 Å². The number of rotatable bonds is 5. The third-order valence-electron chi connectivity index (χ3n) is 4.96. The number of hydrogen-bond donors (Lipinski definition) is 0. The summed E-state index contributed by atoms with van der Waals surface area (Å²) < 4.78 is 6.47. The molecule has 1 aliphatic heterocycles. The molecule has 1 fully saturated rings. The van der Waals surface area contributed by atoms with Gasteiger partial charge in [0, 0.05) is 62.8 Å². The molecule has 9 heteroatoms. The van der Waals surface area contributed by atoms with E-state index in [9.17, 15) is 9.59 Å². The van der Waals surface area contributed by atoms with Gasteiger partial charge >= 0.3 is 0 Å². The molecular weight excluding hydrogens is 372 g/mol. The van der Waals surface area contributed by atoms with Gasteiger partial charge in [0.05, 0.1) is 12.2 Å². The zero-order valence-corrected chi connectivity index (χ0v) is 16.2. The van der Waals surface area contributed by atoms with E-state index in [1.165, 1.54) is 10.7 Å². The summed E-state index contributed by atoms with van der Waals surface area (Å²) in [5.74, 6) is 0.516. The predicted molar refractivity (Wildman–Crippen MR) is 105 cm³/mol. The van der Waals surface area contributed by atoms with Crippen molar-refractivity contribution in [3.8, 4) is 11.3 Å². The third-order valence-corrected chi connectivity index (χ3v) is 4.96. The minimum Gasteiger partial charge on any atom is -0.361 e. The van der Waals surface area contributed by atoms with E-state index in [0.29, 0.717) is 37.6 Å². The minimum atomic E-state index is -0.132. The van der Waals surface area contributed by atoms with Crippen LogP contribution in [0.5, 0.6) is 0 Å². The Bertz CT molecular complexity index is 1040. The maximum absolute atomic E-state index is 12.4. The third kappa shape index (κ3) is 4.40. The van der Waals surface area contributed by atoms with Crippen molar-refractivity contribution < 1.29 is 9.32 Å². The van der Waals surface area contributed by atoms with Crippen molar-refractivity contribution in [3.05, 3.63) is 64.5 Å². The Balaban J connectivity index is 1.34. The molecule has 0 N–H and O–H groups in total. The fraction of sp³-hybridized carbons (Fsp3) is 0.350. The van der Waals surface area contributed by atoms with Crippen LogP contribution in [0.3, 0.4) is 0 Å². The van der Waals surface area contributed by atoms with Gasteiger partial charge in [0.25, 0.3) is 11.5 Å². The van der Waals surface area contributed by atoms with Crippen molar-refractivity contribution in [2.24, 2.45) is 0 Å². The maximum Gasteiger partial charge on any atom is 0.276 e. The second-order valence-corrected chi connectivity index (χ2v) is 6.98. The standard InChI is InChI=1S/C20H22N6O3/c1-15-13-18(23-29-15)20(28)25-10-7-24(8-11-25)9-12-26-19(27)5-4-17(22-26)16-3-2-6-21-14-16/h2-6,13-14H,7-12H2,1H3. The van der Waals surface area contributed by atoms with Crippen molar-refractivity contribution in [2.75, 3.05) is 32.7 Å². The molecule has 1 amide bonds. The Hall–Kier alpha value is -3.33. The van der Waals surface area contributed by atoms with Crippen LogP contribution in [-0.2, 0) is 6.54 Å². The molecule has 0 aromatic carbocycles. The smallest absolute Gasteiger partial charge is 0.276 e. The van der Waals surface area contributed by atoms with Gasteiger partial charge in [-0.05, 0) is 25.1 Å². The number of pyridine rings is 1. The van der Waals surface area contributed by atoms with Crippen LogP contribution in [0.1, 0.15) is 16.2 Å². The van der Waals surface area contributed by atoms with Gasteiger partial charge in [0.15, 0.2) is 5.69 Å². The monoisotopic (exact) mass is 394 g/mol. The van der Waals surface area contributed by atoms with Crippen LogP contribution in [-0.4, -0.2) is 68.4 Å². The molecule has 0 unspecified atom stereocenters. The Kier molecular flexibility index (Phi) is 5.48. The molecule has 0 atom stereocenters. The van der Waals surface area contributed by atoms with Gasteiger partial charge in [-0.1, -0.05) is 5.16 Å². The van der Waals surface area contributed by atoms with Crippen LogP contribution in [0.15, 0.2) is 52.0 Å². The summed E-state index contributed by atoms with van der Waals surface area (Å²) in [6.07, 6.45) is 3.43. The molecule has 4 heterocycles. The summed E-state index contributed by atoms with van der Waals surface area (Å²) in [5.41, 5.74) is 1.80. The Morgan fingerprint density at radius 1 is 1.14 bits per heavy atom. The van der Waals surface area contributed by atoms with E-state index in [2.05, 4.69) is 20.1 Å². The second-order valence-electron chi connectivity index (χ2n) is 6.98. The zero-order chi connectivity index (χ0) is 20.2. The number of amides is 1. The number of piperazine rings is 1. The van der Waals surface area contributed by atoms with Gasteiger partial charge < -0.3 is 9.42 Å². The summed E-state index contributed by atoms with van der Waals surface area (Å²) in [5, 5.41) is 8.26. The average Bonchev–Trinajstić information content (AvgIpc) is 3.20. The first-order valence-corrected chi connectivity index (χ1v) is 9.54. The predicted octanol–water partition coefficient (Wildman–Crippen LogP) is 1.06. The molecule has 0 bridgehead atoms. The topological polar surface area (TPSA) is 97.4 Å². The summed E-state index contributed by atoms with van der Waals surface area (Å²) in [4.78, 5) is 32.7. The van der Waals surface area contributed by atoms with Crippen LogP contribution in [0.25, 0.3) is 11.3 Å². The Morgan fingerprint density at radius 3 is 2.66 bits per heavy atom. The average molecular weight is 394 g/mol. The van der Waals surface area contributed by atoms with Crippen LogP contribution in [0.4, 0.5) is 0 Å². The van der Waals surface area contributed by atoms with E-state index in [0.717, 1.165) is 24.3 Å². The lowest BCUT2D eigenvalue weighted by Crippen LogP contribution is -2.49. The molecule has 0 aliphatic carbocycles. The van der Waals surface area contributed by atoms with Crippen LogP contribution in [0.2, 0.25) is 0 Å². The van der Waals surface area contributed by atoms with E-state index in [1.807, 2.05) is 12.1 Å². The van der Waals surface area contributed by atoms with Crippen LogP contribution >= 0.6 is 0 Å². The van der Waals surface area contributed by atoms with Gasteiger partial charge in [-0.2, -0.15) is 5.10 Å². The van der Waals surface area contributed by atoms with Gasteiger partial charge in [-0.25, -0.2) is 4.68 Å². The second kappa shape index (κ2) is 8.36. The lowest BCUT2D eigenvalue weighted by atomic mass is 10.2. The summed E-state index contributed by atoms with van der Waals surface area (Å²) in [6, 6.07) is 8.66. The molecular formula is C20H22N6O3. The highest BCUT2D eigenvalue weighted by Crippen LogP contribution is 2.13. The Morgan fingerprint density at radius 2 is 1.97 bits per heavy atom. The molecule has 4 rings (SSSR count). The lowest BCUT2D eigenvalue weighted by Gasteiger charge is -2.34. The molecule has 3 aromatic heterocycles. The molecule has 29 heavy (non-hydrogen) atoms. The quantitative estimate of drug-likeness (QED) is 0.638. The van der Waals surface area contributed by atoms with Crippen molar-refractivity contribution in [2.45, 2.75) is 13.5 Å². The fourth-order valence-electron chi connectivity index (χ4n) is 3.32. The van der Waals surface area contributed by atoms with Gasteiger partial charge in [0.2, 0.25) is 0 Å². The minimum absolute atomic E-state index is 0.108. The SMILES string of the molecule is Cc1cc(C(=O)N2CCN(CCn3nc(-c4cccnc4)ccc3=O)CC2)no1. The van der Waals surface area contributed by atoms with E-state index in [4.69, 9.17) is 4.52 Å². The molecule has 9 nitrogen and oxygen atoms in total. The van der Waals surface area contributed by atoms with Crippen molar-refractivity contribution >= 4 is 5.91 Å². The van der Waals surface area contributed by atoms with E-state index >= 15 is 0 Å². The number of hydrogen-bond acceptors (Lipinski definition) is 7. The summed E-state index contributed by atoms with van der Waals surface area (Å²) >= 11 is 0. The van der Waals surface area contributed by atoms with Crippen molar-refractivity contribution in [1.82, 2.24) is 29.7 Å². The van der Waals surface area contributed by atoms with E-state index < -0.39 is 0 Å². The number of aryl methyl sites for hydroxylation is 1. The summed E-state index contributed by atoms with van der Waals surface area (Å²) in [7, 11) is 0. The Labute approximate surface area is 167 Å². The molecule has 1 aliphatic rings. The highest BCUT2D eigenvalue weighted by Gasteiger charge is 2.24. The van der Waals surface area contributed by atoms with Crippen LogP contribution < -0.4 is 5.56 Å². The van der Waals surface area contributed by atoms with Crippen LogP contribution in [0, 0.1) is 6.92 Å². The number of carbonyl (C=O) groups is 1. The molecule has 1 saturated heterocycles. The summed E-state index contributed by atoms with van der Waals surface area (Å²) in [6.45, 7) is 5.64. The highest BCUT2D eigenvalue weighted by molar-refractivity contribution is 5.92. The molecule has 0 spiro atoms. The zero-order valence-electron chi connectivity index (χ0n) is 16.2. The van der Waals surface area contributed by atoms with Gasteiger partial charge in [-0.15, -0.1) is 0 Å². The van der Waals surface area contributed by atoms with Gasteiger partial charge in [0.1, 0.15) is 5.76 Å². The van der Waals surface area contributed by atoms with E-state index in [1.54, 1.807) is 36.4 Å². The molecule has 0 saturated carbocycles. The van der Waals surface area contributed by atoms with E-state index in [-0.39, 0.29) is 11.5 Å². The van der Waals surface area contributed by atoms with Gasteiger partial charge in [-0.3, -0.25) is 19.5 Å². The lowest BCUT2D eigenvalue weighted by molar-refractivity contribution is 0.0621. The number of nitrogens with zero attached hydrogens (tertiary/aromatic N) is 6. The van der Waals surface area contributed by atoms with Crippen molar-refractivity contribution in [3.63, 3.8) is 0 Å². The fourth-order valence-corrected chi connectivity index (χ4v) is 3.32. The number of carbonyl (C=O) groups excluding carboxylic acids is 1.